The molecule has 1 aliphatic heterocycles. The average Bonchev–Trinajstić information content (AvgIpc) is 3.43. The molecule has 0 radical (unpaired) electrons. The second-order valence-corrected chi connectivity index (χ2v) is 8.48. The van der Waals surface area contributed by atoms with Crippen LogP contribution in [0.25, 0.3) is 16.3 Å². The molecule has 3 heterocycles. The molecule has 1 unspecified atom stereocenters. The summed E-state index contributed by atoms with van der Waals surface area (Å²) in [5.74, 6) is 0.00472. The fourth-order valence-electron chi connectivity index (χ4n) is 4.02. The maximum Gasteiger partial charge on any atom is 0.273 e. The van der Waals surface area contributed by atoms with Gasteiger partial charge in [-0.2, -0.15) is 5.10 Å². The van der Waals surface area contributed by atoms with E-state index in [1.807, 2.05) is 58.5 Å². The van der Waals surface area contributed by atoms with E-state index in [1.54, 1.807) is 6.20 Å². The maximum atomic E-state index is 13.0. The fraction of sp³-hybridized carbons (Fsp3) is 0.409. The van der Waals surface area contributed by atoms with E-state index in [9.17, 15) is 4.79 Å². The molecule has 0 bridgehead atoms. The summed E-state index contributed by atoms with van der Waals surface area (Å²) in [6.45, 7) is 6.56. The predicted molar refractivity (Wildman–Crippen MR) is 116 cm³/mol. The number of aromatic nitrogens is 3. The molecule has 0 aliphatic carbocycles. The summed E-state index contributed by atoms with van der Waals surface area (Å²) >= 11 is 1.49. The van der Waals surface area contributed by atoms with Crippen molar-refractivity contribution in [2.45, 2.75) is 38.8 Å². The van der Waals surface area contributed by atoms with Crippen molar-refractivity contribution in [3.63, 3.8) is 0 Å². The summed E-state index contributed by atoms with van der Waals surface area (Å²) in [5.41, 5.74) is 2.44. The topological polar surface area (TPSA) is 54.3 Å². The lowest BCUT2D eigenvalue weighted by Crippen LogP contribution is -2.49. The minimum Gasteiger partial charge on any atom is -0.337 e. The van der Waals surface area contributed by atoms with Crippen LogP contribution in [-0.4, -0.2) is 62.7 Å². The van der Waals surface area contributed by atoms with Crippen LogP contribution < -0.4 is 0 Å². The Morgan fingerprint density at radius 3 is 2.83 bits per heavy atom. The van der Waals surface area contributed by atoms with E-state index in [2.05, 4.69) is 28.8 Å². The molecular weight excluding hydrogens is 382 g/mol. The minimum absolute atomic E-state index is 0.00472. The van der Waals surface area contributed by atoms with Crippen LogP contribution in [0.1, 0.15) is 37.2 Å². The highest BCUT2D eigenvalue weighted by molar-refractivity contribution is 7.13. The number of benzene rings is 1. The van der Waals surface area contributed by atoms with Crippen LogP contribution >= 0.6 is 11.3 Å². The summed E-state index contributed by atoms with van der Waals surface area (Å²) in [7, 11) is 1.91. The van der Waals surface area contributed by atoms with Gasteiger partial charge in [-0.15, -0.1) is 11.3 Å². The molecule has 0 saturated carbocycles. The van der Waals surface area contributed by atoms with Crippen molar-refractivity contribution in [1.29, 1.82) is 0 Å². The van der Waals surface area contributed by atoms with Crippen LogP contribution in [0.4, 0.5) is 0 Å². The van der Waals surface area contributed by atoms with Crippen molar-refractivity contribution < 1.29 is 4.79 Å². The van der Waals surface area contributed by atoms with Crippen LogP contribution in [0, 0.1) is 0 Å². The van der Waals surface area contributed by atoms with Gasteiger partial charge < -0.3 is 9.80 Å². The van der Waals surface area contributed by atoms with Gasteiger partial charge in [-0.25, -0.2) is 9.67 Å². The largest absolute Gasteiger partial charge is 0.337 e. The van der Waals surface area contributed by atoms with Gasteiger partial charge in [0.25, 0.3) is 5.91 Å². The Kier molecular flexibility index (Phi) is 5.78. The van der Waals surface area contributed by atoms with Gasteiger partial charge in [0.05, 0.1) is 11.9 Å². The Labute approximate surface area is 175 Å². The van der Waals surface area contributed by atoms with Gasteiger partial charge in [0, 0.05) is 42.8 Å². The summed E-state index contributed by atoms with van der Waals surface area (Å²) in [5, 5.41) is 7.11. The van der Waals surface area contributed by atoms with Gasteiger partial charge >= 0.3 is 0 Å². The highest BCUT2D eigenvalue weighted by atomic mass is 32.1. The highest BCUT2D eigenvalue weighted by Crippen LogP contribution is 2.26. The third-order valence-electron chi connectivity index (χ3n) is 5.83. The van der Waals surface area contributed by atoms with Crippen molar-refractivity contribution in [1.82, 2.24) is 24.6 Å². The normalized spacial score (nSPS) is 20.0. The number of thiazole rings is 1. The van der Waals surface area contributed by atoms with E-state index in [4.69, 9.17) is 0 Å². The van der Waals surface area contributed by atoms with Gasteiger partial charge in [0.1, 0.15) is 10.7 Å². The first-order valence-electron chi connectivity index (χ1n) is 10.1. The number of piperidine rings is 1. The molecular formula is C22H27N5OS. The summed E-state index contributed by atoms with van der Waals surface area (Å²) in [4.78, 5) is 22.0. The van der Waals surface area contributed by atoms with Gasteiger partial charge in [-0.3, -0.25) is 4.79 Å². The van der Waals surface area contributed by atoms with Crippen LogP contribution in [0.2, 0.25) is 0 Å². The van der Waals surface area contributed by atoms with Gasteiger partial charge in [0.2, 0.25) is 0 Å². The van der Waals surface area contributed by atoms with Gasteiger partial charge in [-0.1, -0.05) is 25.1 Å². The molecule has 3 aromatic rings. The molecule has 2 atom stereocenters. The number of likely N-dealkylation sites (tertiary alicyclic amines) is 1. The van der Waals surface area contributed by atoms with E-state index >= 15 is 0 Å². The first-order valence-corrected chi connectivity index (χ1v) is 11.0. The standard InChI is InChI=1S/C22H27N5OS/c1-4-26-11-10-19(12-16(26)2)25(3)22(28)20-15-29-21(24-20)17-13-23-27(14-17)18-8-6-5-7-9-18/h5-9,13-16,19H,4,10-12H2,1-3H3/t16-,19?/m0/s1. The van der Waals surface area contributed by atoms with E-state index < -0.39 is 0 Å². The molecule has 1 amide bonds. The van der Waals surface area contributed by atoms with Crippen LogP contribution in [0.3, 0.4) is 0 Å². The zero-order valence-corrected chi connectivity index (χ0v) is 18.0. The SMILES string of the molecule is CCN1CCC(N(C)C(=O)c2csc(-c3cnn(-c4ccccc4)c3)n2)C[C@@H]1C. The number of amides is 1. The smallest absolute Gasteiger partial charge is 0.273 e. The molecule has 6 nitrogen and oxygen atoms in total. The van der Waals surface area contributed by atoms with Crippen molar-refractivity contribution in [3.05, 3.63) is 53.8 Å². The number of carbonyl (C=O) groups is 1. The molecule has 29 heavy (non-hydrogen) atoms. The van der Waals surface area contributed by atoms with Crippen LogP contribution in [-0.2, 0) is 0 Å². The lowest BCUT2D eigenvalue weighted by Gasteiger charge is -2.40. The molecule has 7 heteroatoms. The molecule has 152 valence electrons. The second-order valence-electron chi connectivity index (χ2n) is 7.62. The second kappa shape index (κ2) is 8.47. The van der Waals surface area contributed by atoms with Crippen molar-refractivity contribution in [2.75, 3.05) is 20.1 Å². The Morgan fingerprint density at radius 2 is 2.10 bits per heavy atom. The van der Waals surface area contributed by atoms with Crippen LogP contribution in [0.5, 0.6) is 0 Å². The lowest BCUT2D eigenvalue weighted by atomic mass is 9.97. The van der Waals surface area contributed by atoms with Gasteiger partial charge in [0.15, 0.2) is 0 Å². The average molecular weight is 410 g/mol. The molecule has 4 rings (SSSR count). The Balaban J connectivity index is 1.46. The summed E-state index contributed by atoms with van der Waals surface area (Å²) in [6.07, 6.45) is 5.78. The zero-order chi connectivity index (χ0) is 20.4. The number of para-hydroxylation sites is 1. The van der Waals surface area contributed by atoms with E-state index in [1.165, 1.54) is 11.3 Å². The molecule has 1 saturated heterocycles. The Bertz CT molecular complexity index is 967. The molecule has 1 fully saturated rings. The molecule has 2 aromatic heterocycles. The highest BCUT2D eigenvalue weighted by Gasteiger charge is 2.30. The quantitative estimate of drug-likeness (QED) is 0.640. The van der Waals surface area contributed by atoms with E-state index in [0.717, 1.165) is 42.2 Å². The third kappa shape index (κ3) is 4.11. The Hall–Kier alpha value is -2.51. The van der Waals surface area contributed by atoms with Crippen molar-refractivity contribution in [3.8, 4) is 16.3 Å². The molecule has 1 aromatic carbocycles. The molecule has 0 N–H and O–H groups in total. The first-order chi connectivity index (χ1) is 14.1. The number of carbonyl (C=O) groups excluding carboxylic acids is 1. The fourth-order valence-corrected chi connectivity index (χ4v) is 4.79. The summed E-state index contributed by atoms with van der Waals surface area (Å²) < 4.78 is 1.83. The van der Waals surface area contributed by atoms with E-state index in [-0.39, 0.29) is 11.9 Å². The van der Waals surface area contributed by atoms with Gasteiger partial charge in [-0.05, 0) is 38.4 Å². The first kappa shape index (κ1) is 19.8. The van der Waals surface area contributed by atoms with Crippen molar-refractivity contribution >= 4 is 17.2 Å². The third-order valence-corrected chi connectivity index (χ3v) is 6.73. The number of hydrogen-bond acceptors (Lipinski definition) is 5. The summed E-state index contributed by atoms with van der Waals surface area (Å²) in [6, 6.07) is 10.7. The molecule has 0 spiro atoms. The lowest BCUT2D eigenvalue weighted by molar-refractivity contribution is 0.0561. The van der Waals surface area contributed by atoms with Crippen LogP contribution in [0.15, 0.2) is 48.1 Å². The minimum atomic E-state index is 0.00472. The maximum absolute atomic E-state index is 13.0. The molecule has 1 aliphatic rings. The van der Waals surface area contributed by atoms with Crippen molar-refractivity contribution in [2.24, 2.45) is 0 Å². The zero-order valence-electron chi connectivity index (χ0n) is 17.2. The number of rotatable bonds is 5. The van der Waals surface area contributed by atoms with E-state index in [0.29, 0.717) is 11.7 Å². The number of hydrogen-bond donors (Lipinski definition) is 0. The predicted octanol–water partition coefficient (Wildman–Crippen LogP) is 3.94. The number of nitrogens with zero attached hydrogens (tertiary/aromatic N) is 5. The monoisotopic (exact) mass is 409 g/mol. The Morgan fingerprint density at radius 1 is 1.31 bits per heavy atom.